The van der Waals surface area contributed by atoms with Gasteiger partial charge in [0.2, 0.25) is 0 Å². The number of nitrogens with zero attached hydrogens (tertiary/aromatic N) is 2. The first-order valence-corrected chi connectivity index (χ1v) is 8.81. The van der Waals surface area contributed by atoms with Crippen LogP contribution in [0.2, 0.25) is 0 Å². The van der Waals surface area contributed by atoms with Gasteiger partial charge in [-0.25, -0.2) is 0 Å². The number of hydrogen-bond acceptors (Lipinski definition) is 7. The van der Waals surface area contributed by atoms with Crippen molar-refractivity contribution >= 4 is 31.5 Å². The van der Waals surface area contributed by atoms with Crippen LogP contribution in [0.5, 0.6) is 0 Å². The van der Waals surface area contributed by atoms with Crippen molar-refractivity contribution in [3.05, 3.63) is 35.5 Å². The predicted octanol–water partition coefficient (Wildman–Crippen LogP) is 2.99. The molecular formula is C13H12N2O4S2. The Morgan fingerprint density at radius 3 is 2.95 bits per heavy atom. The molecule has 0 aliphatic carbocycles. The highest BCUT2D eigenvalue weighted by Crippen LogP contribution is 2.32. The maximum absolute atomic E-state index is 11.1. The van der Waals surface area contributed by atoms with Crippen LogP contribution in [0, 0.1) is 0 Å². The summed E-state index contributed by atoms with van der Waals surface area (Å²) in [6, 6.07) is 5.57. The Hall–Kier alpha value is -1.77. The quantitative estimate of drug-likeness (QED) is 0.686. The summed E-state index contributed by atoms with van der Waals surface area (Å²) in [6.07, 6.45) is 1.99. The van der Waals surface area contributed by atoms with Crippen molar-refractivity contribution in [1.29, 1.82) is 0 Å². The molecule has 0 aromatic carbocycles. The molecule has 3 aromatic rings. The van der Waals surface area contributed by atoms with Crippen molar-refractivity contribution in [2.45, 2.75) is 13.0 Å². The van der Waals surface area contributed by atoms with E-state index in [2.05, 4.69) is 10.1 Å². The molecule has 0 fully saturated rings. The van der Waals surface area contributed by atoms with E-state index in [-0.39, 0.29) is 0 Å². The van der Waals surface area contributed by atoms with Gasteiger partial charge in [-0.15, -0.1) is 11.3 Å². The van der Waals surface area contributed by atoms with Crippen LogP contribution in [0.25, 0.3) is 21.5 Å². The van der Waals surface area contributed by atoms with E-state index in [9.17, 15) is 8.42 Å². The second-order valence-corrected chi connectivity index (χ2v) is 7.07. The number of hydrogen-bond donors (Lipinski definition) is 0. The highest BCUT2D eigenvalue weighted by atomic mass is 32.2. The molecular weight excluding hydrogens is 312 g/mol. The molecule has 21 heavy (non-hydrogen) atoms. The number of fused-ring (bicyclic) bond motifs is 1. The van der Waals surface area contributed by atoms with Crippen LogP contribution in [-0.4, -0.2) is 24.8 Å². The molecule has 0 saturated heterocycles. The Bertz CT molecular complexity index is 882. The van der Waals surface area contributed by atoms with Crippen molar-refractivity contribution in [3.8, 4) is 11.5 Å². The minimum atomic E-state index is -3.55. The van der Waals surface area contributed by atoms with Gasteiger partial charge in [0.05, 0.1) is 11.0 Å². The second-order valence-electron chi connectivity index (χ2n) is 4.56. The summed E-state index contributed by atoms with van der Waals surface area (Å²) in [5.74, 6) is 0.488. The summed E-state index contributed by atoms with van der Waals surface area (Å²) in [7, 11) is -3.55. The third-order valence-electron chi connectivity index (χ3n) is 2.87. The summed E-state index contributed by atoms with van der Waals surface area (Å²) in [4.78, 5) is 4.31. The summed E-state index contributed by atoms with van der Waals surface area (Å²) >= 11 is 1.56. The van der Waals surface area contributed by atoms with Crippen molar-refractivity contribution in [2.75, 3.05) is 6.26 Å². The number of aromatic nitrogens is 2. The summed E-state index contributed by atoms with van der Waals surface area (Å²) in [5, 5.41) is 6.92. The highest BCUT2D eigenvalue weighted by Gasteiger charge is 2.19. The van der Waals surface area contributed by atoms with E-state index in [1.807, 2.05) is 17.5 Å². The molecule has 3 rings (SSSR count). The molecule has 0 amide bonds. The maximum atomic E-state index is 11.1. The van der Waals surface area contributed by atoms with Gasteiger partial charge in [-0.1, -0.05) is 5.16 Å². The molecule has 0 N–H and O–H groups in total. The fourth-order valence-corrected chi connectivity index (χ4v) is 3.48. The lowest BCUT2D eigenvalue weighted by molar-refractivity contribution is 0.224. The normalized spacial score (nSPS) is 13.6. The Balaban J connectivity index is 1.97. The largest absolute Gasteiger partial charge is 0.354 e. The van der Waals surface area contributed by atoms with Crippen molar-refractivity contribution in [2.24, 2.45) is 0 Å². The smallest absolute Gasteiger partial charge is 0.265 e. The van der Waals surface area contributed by atoms with Gasteiger partial charge in [0.25, 0.3) is 10.1 Å². The van der Waals surface area contributed by atoms with Crippen LogP contribution < -0.4 is 0 Å². The summed E-state index contributed by atoms with van der Waals surface area (Å²) in [6.45, 7) is 1.60. The molecule has 1 atom stereocenters. The highest BCUT2D eigenvalue weighted by molar-refractivity contribution is 7.86. The van der Waals surface area contributed by atoms with Gasteiger partial charge >= 0.3 is 0 Å². The lowest BCUT2D eigenvalue weighted by Gasteiger charge is -2.06. The number of rotatable bonds is 4. The minimum absolute atomic E-state index is 0.408. The van der Waals surface area contributed by atoms with Crippen molar-refractivity contribution in [3.63, 3.8) is 0 Å². The molecule has 0 radical (unpaired) electrons. The van der Waals surface area contributed by atoms with E-state index in [0.717, 1.165) is 16.3 Å². The Kier molecular flexibility index (Phi) is 3.52. The van der Waals surface area contributed by atoms with Gasteiger partial charge in [0.1, 0.15) is 17.5 Å². The molecule has 3 aromatic heterocycles. The zero-order chi connectivity index (χ0) is 15.0. The molecule has 110 valence electrons. The van der Waals surface area contributed by atoms with Crippen LogP contribution in [0.3, 0.4) is 0 Å². The zero-order valence-electron chi connectivity index (χ0n) is 11.3. The zero-order valence-corrected chi connectivity index (χ0v) is 12.9. The van der Waals surface area contributed by atoms with E-state index in [1.54, 1.807) is 30.5 Å². The Morgan fingerprint density at radius 2 is 2.19 bits per heavy atom. The average molecular weight is 324 g/mol. The third-order valence-corrected chi connectivity index (χ3v) is 4.44. The Morgan fingerprint density at radius 1 is 1.38 bits per heavy atom. The maximum Gasteiger partial charge on any atom is 0.265 e. The van der Waals surface area contributed by atoms with Crippen LogP contribution in [0.4, 0.5) is 0 Å². The molecule has 8 heteroatoms. The second kappa shape index (κ2) is 5.21. The van der Waals surface area contributed by atoms with Crippen molar-refractivity contribution < 1.29 is 17.1 Å². The van der Waals surface area contributed by atoms with E-state index in [0.29, 0.717) is 17.1 Å². The summed E-state index contributed by atoms with van der Waals surface area (Å²) in [5.41, 5.74) is 1.10. The molecule has 0 bridgehead atoms. The van der Waals surface area contributed by atoms with Crippen LogP contribution in [0.15, 0.2) is 34.3 Å². The van der Waals surface area contributed by atoms with E-state index in [4.69, 9.17) is 8.71 Å². The predicted molar refractivity (Wildman–Crippen MR) is 79.5 cm³/mol. The molecule has 0 spiro atoms. The van der Waals surface area contributed by atoms with Gasteiger partial charge in [-0.3, -0.25) is 9.17 Å². The molecule has 6 nitrogen and oxygen atoms in total. The number of thiophene rings is 1. The van der Waals surface area contributed by atoms with Gasteiger partial charge in [-0.2, -0.15) is 8.42 Å². The van der Waals surface area contributed by atoms with E-state index >= 15 is 0 Å². The molecule has 1 unspecified atom stereocenters. The average Bonchev–Trinajstić information content (AvgIpc) is 3.05. The Labute approximate surface area is 125 Å². The molecule has 0 saturated carbocycles. The van der Waals surface area contributed by atoms with Crippen LogP contribution in [-0.2, 0) is 14.3 Å². The van der Waals surface area contributed by atoms with Crippen LogP contribution in [0.1, 0.15) is 18.7 Å². The fourth-order valence-electron chi connectivity index (χ4n) is 1.97. The first-order chi connectivity index (χ1) is 9.94. The SMILES string of the molecule is CC(OS(C)(=O)=O)c1cc(-c2nccc3ccsc23)on1. The van der Waals surface area contributed by atoms with E-state index < -0.39 is 16.2 Å². The lowest BCUT2D eigenvalue weighted by atomic mass is 10.2. The standard InChI is InChI=1S/C13H12N2O4S2/c1-8(19-21(2,16)17)10-7-11(18-15-10)12-13-9(3-5-14-12)4-6-20-13/h3-8H,1-2H3. The van der Waals surface area contributed by atoms with E-state index in [1.165, 1.54) is 0 Å². The van der Waals surface area contributed by atoms with Crippen molar-refractivity contribution in [1.82, 2.24) is 10.1 Å². The lowest BCUT2D eigenvalue weighted by Crippen LogP contribution is -2.07. The third kappa shape index (κ3) is 2.97. The molecule has 0 aliphatic rings. The molecule has 0 aliphatic heterocycles. The summed E-state index contributed by atoms with van der Waals surface area (Å²) < 4.78 is 33.4. The van der Waals surface area contributed by atoms with Gasteiger partial charge in [0, 0.05) is 12.3 Å². The van der Waals surface area contributed by atoms with Crippen LogP contribution >= 0.6 is 11.3 Å². The monoisotopic (exact) mass is 324 g/mol. The fraction of sp³-hybridized carbons (Fsp3) is 0.231. The topological polar surface area (TPSA) is 82.3 Å². The first-order valence-electron chi connectivity index (χ1n) is 6.11. The van der Waals surface area contributed by atoms with Gasteiger partial charge in [-0.05, 0) is 29.8 Å². The van der Waals surface area contributed by atoms with Gasteiger partial charge in [0.15, 0.2) is 5.76 Å². The number of pyridine rings is 1. The molecule has 3 heterocycles. The minimum Gasteiger partial charge on any atom is -0.354 e. The first kappa shape index (κ1) is 14.2. The van der Waals surface area contributed by atoms with Gasteiger partial charge < -0.3 is 4.52 Å².